The molecule has 1 heterocycles. The van der Waals surface area contributed by atoms with Gasteiger partial charge in [0, 0.05) is 18.5 Å². The molecule has 0 bridgehead atoms. The largest absolute Gasteiger partial charge is 0.316 e. The monoisotopic (exact) mass is 299 g/mol. The van der Waals surface area contributed by atoms with Crippen LogP contribution < -0.4 is 5.32 Å². The van der Waals surface area contributed by atoms with Gasteiger partial charge in [-0.1, -0.05) is 29.9 Å². The summed E-state index contributed by atoms with van der Waals surface area (Å²) >= 11 is 7.28. The van der Waals surface area contributed by atoms with Crippen molar-refractivity contribution in [3.8, 4) is 10.6 Å². The molecule has 0 saturated heterocycles. The number of nitrogens with one attached hydrogen (secondary N) is 1. The molecule has 102 valence electrons. The van der Waals surface area contributed by atoms with Crippen molar-refractivity contribution >= 4 is 22.9 Å². The average Bonchev–Trinajstić information content (AvgIpc) is 2.87. The van der Waals surface area contributed by atoms with Gasteiger partial charge in [-0.15, -0.1) is 10.2 Å². The van der Waals surface area contributed by atoms with Gasteiger partial charge in [-0.3, -0.25) is 0 Å². The van der Waals surface area contributed by atoms with Crippen LogP contribution in [0.5, 0.6) is 0 Å². The maximum Gasteiger partial charge on any atom is 0.147 e. The lowest BCUT2D eigenvalue weighted by Crippen LogP contribution is -2.17. The second kappa shape index (κ2) is 6.93. The van der Waals surface area contributed by atoms with Crippen molar-refractivity contribution in [1.29, 1.82) is 0 Å². The summed E-state index contributed by atoms with van der Waals surface area (Å²) in [6.45, 7) is 4.04. The molecular weight excluding hydrogens is 285 g/mol. The molecular formula is C13H15ClFN3S. The SMILES string of the molecule is CCCNCCc1nnc(-c2ccc(F)c(Cl)c2)s1. The minimum Gasteiger partial charge on any atom is -0.316 e. The summed E-state index contributed by atoms with van der Waals surface area (Å²) in [5.74, 6) is -0.418. The molecule has 0 radical (unpaired) electrons. The van der Waals surface area contributed by atoms with Crippen LogP contribution >= 0.6 is 22.9 Å². The lowest BCUT2D eigenvalue weighted by molar-refractivity contribution is 0.628. The van der Waals surface area contributed by atoms with Gasteiger partial charge in [0.05, 0.1) is 5.02 Å². The molecule has 2 rings (SSSR count). The summed E-state index contributed by atoms with van der Waals surface area (Å²) in [4.78, 5) is 0. The molecule has 3 nitrogen and oxygen atoms in total. The second-order valence-corrected chi connectivity index (χ2v) is 5.60. The Morgan fingerprint density at radius 3 is 2.89 bits per heavy atom. The number of halogens is 2. The molecule has 0 saturated carbocycles. The molecule has 2 aromatic rings. The summed E-state index contributed by atoms with van der Waals surface area (Å²) in [6, 6.07) is 4.60. The van der Waals surface area contributed by atoms with E-state index in [1.165, 1.54) is 17.4 Å². The van der Waals surface area contributed by atoms with Crippen LogP contribution in [0.25, 0.3) is 10.6 Å². The molecule has 0 aliphatic carbocycles. The Hall–Kier alpha value is -1.04. The molecule has 0 unspecified atom stereocenters. The van der Waals surface area contributed by atoms with Gasteiger partial charge in [-0.05, 0) is 31.2 Å². The van der Waals surface area contributed by atoms with Gasteiger partial charge in [-0.2, -0.15) is 0 Å². The first-order valence-electron chi connectivity index (χ1n) is 6.19. The predicted molar refractivity (Wildman–Crippen MR) is 77.2 cm³/mol. The van der Waals surface area contributed by atoms with Crippen LogP contribution in [0.15, 0.2) is 18.2 Å². The van der Waals surface area contributed by atoms with Crippen LogP contribution in [0.4, 0.5) is 4.39 Å². The van der Waals surface area contributed by atoms with Crippen molar-refractivity contribution in [2.24, 2.45) is 0 Å². The van der Waals surface area contributed by atoms with Gasteiger partial charge in [0.15, 0.2) is 0 Å². The predicted octanol–water partition coefficient (Wildman–Crippen LogP) is 3.54. The van der Waals surface area contributed by atoms with E-state index in [-0.39, 0.29) is 5.02 Å². The molecule has 1 N–H and O–H groups in total. The molecule has 1 aromatic heterocycles. The highest BCUT2D eigenvalue weighted by Crippen LogP contribution is 2.27. The van der Waals surface area contributed by atoms with Crippen molar-refractivity contribution in [1.82, 2.24) is 15.5 Å². The third kappa shape index (κ3) is 3.96. The van der Waals surface area contributed by atoms with E-state index >= 15 is 0 Å². The van der Waals surface area contributed by atoms with Gasteiger partial charge in [0.25, 0.3) is 0 Å². The zero-order valence-corrected chi connectivity index (χ0v) is 12.2. The lowest BCUT2D eigenvalue weighted by atomic mass is 10.2. The van der Waals surface area contributed by atoms with E-state index in [9.17, 15) is 4.39 Å². The van der Waals surface area contributed by atoms with Crippen molar-refractivity contribution in [3.63, 3.8) is 0 Å². The molecule has 6 heteroatoms. The average molecular weight is 300 g/mol. The van der Waals surface area contributed by atoms with E-state index in [4.69, 9.17) is 11.6 Å². The summed E-state index contributed by atoms with van der Waals surface area (Å²) in [6.07, 6.45) is 1.97. The zero-order chi connectivity index (χ0) is 13.7. The van der Waals surface area contributed by atoms with E-state index < -0.39 is 5.82 Å². The van der Waals surface area contributed by atoms with Gasteiger partial charge < -0.3 is 5.32 Å². The van der Waals surface area contributed by atoms with Gasteiger partial charge in [0.1, 0.15) is 15.8 Å². The topological polar surface area (TPSA) is 37.8 Å². The fourth-order valence-corrected chi connectivity index (χ4v) is 2.61. The number of aromatic nitrogens is 2. The Morgan fingerprint density at radius 2 is 2.16 bits per heavy atom. The molecule has 0 atom stereocenters. The van der Waals surface area contributed by atoms with E-state index in [1.807, 2.05) is 0 Å². The molecule has 19 heavy (non-hydrogen) atoms. The lowest BCUT2D eigenvalue weighted by Gasteiger charge is -1.99. The Bertz CT molecular complexity index is 544. The highest BCUT2D eigenvalue weighted by atomic mass is 35.5. The fourth-order valence-electron chi connectivity index (χ4n) is 1.60. The van der Waals surface area contributed by atoms with Crippen molar-refractivity contribution < 1.29 is 4.39 Å². The van der Waals surface area contributed by atoms with Crippen LogP contribution in [0, 0.1) is 5.82 Å². The quantitative estimate of drug-likeness (QED) is 0.829. The summed E-state index contributed by atoms with van der Waals surface area (Å²) in [5.41, 5.74) is 0.802. The summed E-state index contributed by atoms with van der Waals surface area (Å²) in [7, 11) is 0. The first kappa shape index (κ1) is 14.4. The first-order chi connectivity index (χ1) is 9.20. The van der Waals surface area contributed by atoms with E-state index in [1.54, 1.807) is 12.1 Å². The maximum atomic E-state index is 13.1. The number of rotatable bonds is 6. The Kier molecular flexibility index (Phi) is 5.24. The highest BCUT2D eigenvalue weighted by molar-refractivity contribution is 7.14. The third-order valence-electron chi connectivity index (χ3n) is 2.58. The molecule has 1 aromatic carbocycles. The van der Waals surface area contributed by atoms with E-state index in [0.717, 1.165) is 41.5 Å². The molecule has 0 spiro atoms. The van der Waals surface area contributed by atoms with Crippen LogP contribution in [0.3, 0.4) is 0 Å². The normalized spacial score (nSPS) is 10.9. The number of hydrogen-bond acceptors (Lipinski definition) is 4. The highest BCUT2D eigenvalue weighted by Gasteiger charge is 2.08. The Balaban J connectivity index is 2.01. The van der Waals surface area contributed by atoms with Crippen LogP contribution in [0.2, 0.25) is 5.02 Å². The molecule has 0 fully saturated rings. The number of nitrogens with zero attached hydrogens (tertiary/aromatic N) is 2. The Labute approximate surface area is 120 Å². The number of benzene rings is 1. The number of hydrogen-bond donors (Lipinski definition) is 1. The fraction of sp³-hybridized carbons (Fsp3) is 0.385. The van der Waals surface area contributed by atoms with Crippen molar-refractivity contribution in [2.45, 2.75) is 19.8 Å². The first-order valence-corrected chi connectivity index (χ1v) is 7.38. The maximum absolute atomic E-state index is 13.1. The van der Waals surface area contributed by atoms with Gasteiger partial charge in [-0.25, -0.2) is 4.39 Å². The van der Waals surface area contributed by atoms with Crippen molar-refractivity contribution in [2.75, 3.05) is 13.1 Å². The standard InChI is InChI=1S/C13H15ClFN3S/c1-2-6-16-7-5-12-17-18-13(19-12)9-3-4-11(15)10(14)8-9/h3-4,8,16H,2,5-7H2,1H3. The zero-order valence-electron chi connectivity index (χ0n) is 10.6. The van der Waals surface area contributed by atoms with E-state index in [2.05, 4.69) is 22.4 Å². The van der Waals surface area contributed by atoms with E-state index in [0.29, 0.717) is 0 Å². The van der Waals surface area contributed by atoms with Gasteiger partial charge in [0.2, 0.25) is 0 Å². The second-order valence-electron chi connectivity index (χ2n) is 4.13. The summed E-state index contributed by atoms with van der Waals surface area (Å²) < 4.78 is 13.1. The minimum atomic E-state index is -0.418. The molecule has 0 aliphatic heterocycles. The molecule has 0 amide bonds. The smallest absolute Gasteiger partial charge is 0.147 e. The third-order valence-corrected chi connectivity index (χ3v) is 3.90. The molecule has 0 aliphatic rings. The van der Waals surface area contributed by atoms with Crippen LogP contribution in [-0.2, 0) is 6.42 Å². The minimum absolute atomic E-state index is 0.110. The van der Waals surface area contributed by atoms with Gasteiger partial charge >= 0.3 is 0 Å². The van der Waals surface area contributed by atoms with Crippen LogP contribution in [0.1, 0.15) is 18.4 Å². The Morgan fingerprint density at radius 1 is 1.32 bits per heavy atom. The summed E-state index contributed by atoms with van der Waals surface area (Å²) in [5, 5.41) is 13.4. The van der Waals surface area contributed by atoms with Crippen molar-refractivity contribution in [3.05, 3.63) is 34.0 Å². The van der Waals surface area contributed by atoms with Crippen LogP contribution in [-0.4, -0.2) is 23.3 Å².